The first-order valence-electron chi connectivity index (χ1n) is 7.48. The number of rotatable bonds is 5. The minimum absolute atomic E-state index is 0.0531. The van der Waals surface area contributed by atoms with E-state index in [9.17, 15) is 5.11 Å². The number of hydrogen-bond donors (Lipinski definition) is 2. The molecule has 0 saturated carbocycles. The van der Waals surface area contributed by atoms with Crippen molar-refractivity contribution in [1.29, 1.82) is 0 Å². The first kappa shape index (κ1) is 14.5. The van der Waals surface area contributed by atoms with E-state index in [1.165, 1.54) is 36.8 Å². The maximum atomic E-state index is 9.30. The van der Waals surface area contributed by atoms with Gasteiger partial charge in [-0.2, -0.15) is 0 Å². The van der Waals surface area contributed by atoms with Crippen LogP contribution in [-0.2, 0) is 12.8 Å². The van der Waals surface area contributed by atoms with Crippen LogP contribution in [0, 0.1) is 5.41 Å². The minimum Gasteiger partial charge on any atom is -0.396 e. The van der Waals surface area contributed by atoms with Crippen LogP contribution in [0.5, 0.6) is 0 Å². The first-order valence-corrected chi connectivity index (χ1v) is 7.48. The van der Waals surface area contributed by atoms with Crippen molar-refractivity contribution in [3.63, 3.8) is 0 Å². The van der Waals surface area contributed by atoms with Gasteiger partial charge in [0.25, 0.3) is 0 Å². The van der Waals surface area contributed by atoms with Gasteiger partial charge in [-0.05, 0) is 49.3 Å². The number of benzene rings is 1. The molecule has 0 heterocycles. The Morgan fingerprint density at radius 1 is 1.21 bits per heavy atom. The highest BCUT2D eigenvalue weighted by molar-refractivity contribution is 5.35. The quantitative estimate of drug-likeness (QED) is 0.853. The van der Waals surface area contributed by atoms with E-state index < -0.39 is 0 Å². The number of hydrogen-bond acceptors (Lipinski definition) is 2. The van der Waals surface area contributed by atoms with Gasteiger partial charge < -0.3 is 10.4 Å². The van der Waals surface area contributed by atoms with E-state index in [0.29, 0.717) is 6.04 Å². The molecule has 0 saturated heterocycles. The highest BCUT2D eigenvalue weighted by Gasteiger charge is 2.18. The molecule has 1 aliphatic rings. The second kappa shape index (κ2) is 6.06. The van der Waals surface area contributed by atoms with Crippen molar-refractivity contribution >= 4 is 0 Å². The van der Waals surface area contributed by atoms with Crippen LogP contribution in [0.2, 0.25) is 0 Å². The Labute approximate surface area is 117 Å². The van der Waals surface area contributed by atoms with Gasteiger partial charge in [0.05, 0.1) is 0 Å². The lowest BCUT2D eigenvalue weighted by Crippen LogP contribution is -2.33. The second-order valence-electron chi connectivity index (χ2n) is 6.66. The van der Waals surface area contributed by atoms with Crippen molar-refractivity contribution in [3.05, 3.63) is 34.9 Å². The fraction of sp³-hybridized carbons (Fsp3) is 0.647. The van der Waals surface area contributed by atoms with E-state index >= 15 is 0 Å². The molecular weight excluding hydrogens is 234 g/mol. The zero-order valence-corrected chi connectivity index (χ0v) is 12.5. The number of fused-ring (bicyclic) bond motifs is 1. The molecule has 0 bridgehead atoms. The predicted molar refractivity (Wildman–Crippen MR) is 80.4 cm³/mol. The van der Waals surface area contributed by atoms with Crippen LogP contribution >= 0.6 is 0 Å². The van der Waals surface area contributed by atoms with Crippen LogP contribution in [0.4, 0.5) is 0 Å². The number of nitrogens with one attached hydrogen (secondary N) is 1. The van der Waals surface area contributed by atoms with Gasteiger partial charge in [-0.1, -0.05) is 32.0 Å². The third-order valence-corrected chi connectivity index (χ3v) is 4.19. The van der Waals surface area contributed by atoms with E-state index in [2.05, 4.69) is 44.3 Å². The summed E-state index contributed by atoms with van der Waals surface area (Å²) in [5, 5.41) is 12.8. The van der Waals surface area contributed by atoms with Crippen molar-refractivity contribution in [2.75, 3.05) is 13.2 Å². The Bertz CT molecular complexity index is 425. The molecule has 0 spiro atoms. The van der Waals surface area contributed by atoms with E-state index in [0.717, 1.165) is 6.54 Å². The lowest BCUT2D eigenvalue weighted by molar-refractivity contribution is 0.154. The van der Waals surface area contributed by atoms with Crippen LogP contribution in [0.3, 0.4) is 0 Å². The summed E-state index contributed by atoms with van der Waals surface area (Å²) < 4.78 is 0. The molecule has 0 amide bonds. The van der Waals surface area contributed by atoms with Crippen molar-refractivity contribution in [3.8, 4) is 0 Å². The van der Waals surface area contributed by atoms with Crippen molar-refractivity contribution in [2.45, 2.75) is 52.5 Å². The molecule has 2 rings (SSSR count). The van der Waals surface area contributed by atoms with E-state index in [4.69, 9.17) is 0 Å². The SMILES string of the molecule is CC(NCC(C)(C)CO)c1ccc2c(c1)CCCC2. The topological polar surface area (TPSA) is 32.3 Å². The molecule has 1 aromatic carbocycles. The summed E-state index contributed by atoms with van der Waals surface area (Å²) in [5.74, 6) is 0. The number of aliphatic hydroxyl groups is 1. The molecular formula is C17H27NO. The molecule has 1 unspecified atom stereocenters. The first-order chi connectivity index (χ1) is 9.02. The average molecular weight is 261 g/mol. The van der Waals surface area contributed by atoms with Crippen molar-refractivity contribution < 1.29 is 5.11 Å². The van der Waals surface area contributed by atoms with Gasteiger partial charge in [0.15, 0.2) is 0 Å². The molecule has 1 aliphatic carbocycles. The highest BCUT2D eigenvalue weighted by atomic mass is 16.3. The molecule has 19 heavy (non-hydrogen) atoms. The molecule has 106 valence electrons. The Hall–Kier alpha value is -0.860. The van der Waals surface area contributed by atoms with E-state index in [1.54, 1.807) is 5.56 Å². The van der Waals surface area contributed by atoms with Crippen molar-refractivity contribution in [2.24, 2.45) is 5.41 Å². The fourth-order valence-electron chi connectivity index (χ4n) is 2.63. The minimum atomic E-state index is -0.0531. The predicted octanol–water partition coefficient (Wildman–Crippen LogP) is 3.23. The summed E-state index contributed by atoms with van der Waals surface area (Å²) in [5.41, 5.74) is 4.40. The molecule has 0 aromatic heterocycles. The molecule has 2 N–H and O–H groups in total. The molecule has 0 fully saturated rings. The third kappa shape index (κ3) is 3.80. The molecule has 0 aliphatic heterocycles. The molecule has 2 nitrogen and oxygen atoms in total. The summed E-state index contributed by atoms with van der Waals surface area (Å²) >= 11 is 0. The van der Waals surface area contributed by atoms with Crippen LogP contribution in [-0.4, -0.2) is 18.3 Å². The fourth-order valence-corrected chi connectivity index (χ4v) is 2.63. The molecule has 2 heteroatoms. The zero-order valence-electron chi connectivity index (χ0n) is 12.5. The van der Waals surface area contributed by atoms with Crippen LogP contribution in [0.1, 0.15) is 56.3 Å². The Morgan fingerprint density at radius 3 is 2.58 bits per heavy atom. The van der Waals surface area contributed by atoms with E-state index in [1.807, 2.05) is 0 Å². The van der Waals surface area contributed by atoms with Crippen LogP contribution in [0.15, 0.2) is 18.2 Å². The summed E-state index contributed by atoms with van der Waals surface area (Å²) in [6.45, 7) is 7.43. The molecule has 1 aromatic rings. The third-order valence-electron chi connectivity index (χ3n) is 4.19. The van der Waals surface area contributed by atoms with Gasteiger partial charge in [0.2, 0.25) is 0 Å². The Balaban J connectivity index is 2.01. The highest BCUT2D eigenvalue weighted by Crippen LogP contribution is 2.25. The largest absolute Gasteiger partial charge is 0.396 e. The number of aliphatic hydroxyl groups excluding tert-OH is 1. The lowest BCUT2D eigenvalue weighted by Gasteiger charge is -2.26. The van der Waals surface area contributed by atoms with E-state index in [-0.39, 0.29) is 12.0 Å². The van der Waals surface area contributed by atoms with Gasteiger partial charge in [0.1, 0.15) is 0 Å². The maximum Gasteiger partial charge on any atom is 0.0494 e. The van der Waals surface area contributed by atoms with Crippen LogP contribution < -0.4 is 5.32 Å². The zero-order chi connectivity index (χ0) is 13.9. The smallest absolute Gasteiger partial charge is 0.0494 e. The lowest BCUT2D eigenvalue weighted by atomic mass is 9.89. The summed E-state index contributed by atoms with van der Waals surface area (Å²) in [7, 11) is 0. The Kier molecular flexibility index (Phi) is 4.64. The molecule has 1 atom stereocenters. The second-order valence-corrected chi connectivity index (χ2v) is 6.66. The van der Waals surface area contributed by atoms with Gasteiger partial charge in [-0.15, -0.1) is 0 Å². The standard InChI is InChI=1S/C17H27NO/c1-13(18-11-17(2,3)12-19)15-9-8-14-6-4-5-7-16(14)10-15/h8-10,13,18-19H,4-7,11-12H2,1-3H3. The van der Waals surface area contributed by atoms with Crippen molar-refractivity contribution in [1.82, 2.24) is 5.32 Å². The van der Waals surface area contributed by atoms with Gasteiger partial charge in [-0.25, -0.2) is 0 Å². The van der Waals surface area contributed by atoms with Gasteiger partial charge >= 0.3 is 0 Å². The average Bonchev–Trinajstić information content (AvgIpc) is 2.44. The summed E-state index contributed by atoms with van der Waals surface area (Å²) in [4.78, 5) is 0. The Morgan fingerprint density at radius 2 is 1.89 bits per heavy atom. The monoisotopic (exact) mass is 261 g/mol. The van der Waals surface area contributed by atoms with Gasteiger partial charge in [0, 0.05) is 24.6 Å². The van der Waals surface area contributed by atoms with Crippen LogP contribution in [0.25, 0.3) is 0 Å². The maximum absolute atomic E-state index is 9.30. The summed E-state index contributed by atoms with van der Waals surface area (Å²) in [6, 6.07) is 7.28. The normalized spacial score (nSPS) is 17.1. The summed E-state index contributed by atoms with van der Waals surface area (Å²) in [6.07, 6.45) is 5.15. The van der Waals surface area contributed by atoms with Gasteiger partial charge in [-0.3, -0.25) is 0 Å². The molecule has 0 radical (unpaired) electrons. The number of aryl methyl sites for hydroxylation is 2.